The Morgan fingerprint density at radius 3 is 2.17 bits per heavy atom. The van der Waals surface area contributed by atoms with Gasteiger partial charge in [-0.1, -0.05) is 115 Å². The number of fused-ring (bicyclic) bond motifs is 1. The number of esters is 2. The van der Waals surface area contributed by atoms with E-state index in [9.17, 15) is 14.8 Å². The van der Waals surface area contributed by atoms with Crippen LogP contribution >= 0.6 is 0 Å². The van der Waals surface area contributed by atoms with Crippen LogP contribution in [0, 0.1) is 6.92 Å². The van der Waals surface area contributed by atoms with Crippen LogP contribution < -0.4 is 0 Å². The number of aryl methyl sites for hydroxylation is 1. The number of rotatable bonds is 20. The Kier molecular flexibility index (Phi) is 15.7. The minimum Gasteiger partial charge on any atom is -0.463 e. The minimum absolute atomic E-state index is 0.124. The van der Waals surface area contributed by atoms with Gasteiger partial charge in [0.15, 0.2) is 6.10 Å². The van der Waals surface area contributed by atoms with Crippen molar-refractivity contribution in [1.29, 1.82) is 0 Å². The van der Waals surface area contributed by atoms with Crippen molar-refractivity contribution in [2.24, 2.45) is 10.1 Å². The molecule has 0 aromatic heterocycles. The average Bonchev–Trinajstić information content (AvgIpc) is 2.96. The summed E-state index contributed by atoms with van der Waals surface area (Å²) in [5, 5.41) is 13.3. The highest BCUT2D eigenvalue weighted by atomic mass is 16.6. The molecule has 0 spiro atoms. The van der Waals surface area contributed by atoms with Crippen LogP contribution in [-0.4, -0.2) is 47.8 Å². The molecule has 0 radical (unpaired) electrons. The van der Waals surface area contributed by atoms with Crippen molar-refractivity contribution in [3.63, 3.8) is 0 Å². The summed E-state index contributed by atoms with van der Waals surface area (Å²) in [6.07, 6.45) is 14.1. The van der Waals surface area contributed by atoms with Crippen LogP contribution in [0.5, 0.6) is 0 Å². The van der Waals surface area contributed by atoms with Gasteiger partial charge in [-0.15, -0.1) is 0 Å². The van der Waals surface area contributed by atoms with E-state index >= 15 is 0 Å². The Hall–Kier alpha value is -2.70. The molecule has 0 saturated heterocycles. The van der Waals surface area contributed by atoms with E-state index in [1.165, 1.54) is 32.1 Å². The fraction of sp³-hybridized carbons (Fsp3) is 0.706. The van der Waals surface area contributed by atoms with Crippen molar-refractivity contribution in [1.82, 2.24) is 0 Å². The quantitative estimate of drug-likeness (QED) is 0.0559. The number of ether oxygens (including phenoxy) is 2. The summed E-state index contributed by atoms with van der Waals surface area (Å²) in [6.45, 7) is 11.5. The molecular formula is C34H54N2O5. The largest absolute Gasteiger partial charge is 0.463 e. The molecule has 41 heavy (non-hydrogen) atoms. The standard InChI is InChI=1S/C34H54N2O5/c1-6-10-12-13-14-15-16-17-24-40-32(37)28(21-11-7-2)41-33(38)31(36-39)30-27-20-18-19-26(5)29(27)34(22-8-3,23-9-4)25-35-30/h18-20,28,39H,6-17,21-25H2,1-5H3. The van der Waals surface area contributed by atoms with Crippen molar-refractivity contribution < 1.29 is 24.3 Å². The third kappa shape index (κ3) is 9.96. The molecule has 1 aliphatic rings. The van der Waals surface area contributed by atoms with Gasteiger partial charge in [0.25, 0.3) is 0 Å². The molecule has 1 aliphatic heterocycles. The maximum absolute atomic E-state index is 13.4. The van der Waals surface area contributed by atoms with Crippen molar-refractivity contribution in [2.75, 3.05) is 13.2 Å². The first-order valence-corrected chi connectivity index (χ1v) is 16.1. The van der Waals surface area contributed by atoms with Gasteiger partial charge in [0.1, 0.15) is 5.71 Å². The molecule has 1 aromatic rings. The molecule has 1 aromatic carbocycles. The Morgan fingerprint density at radius 1 is 0.927 bits per heavy atom. The average molecular weight is 571 g/mol. The number of carbonyl (C=O) groups excluding carboxylic acids is 2. The van der Waals surface area contributed by atoms with Crippen LogP contribution in [0.25, 0.3) is 0 Å². The van der Waals surface area contributed by atoms with Gasteiger partial charge in [-0.25, -0.2) is 9.59 Å². The van der Waals surface area contributed by atoms with Crippen LogP contribution in [0.3, 0.4) is 0 Å². The van der Waals surface area contributed by atoms with Crippen LogP contribution in [0.1, 0.15) is 141 Å². The van der Waals surface area contributed by atoms with Gasteiger partial charge in [0.2, 0.25) is 5.71 Å². The van der Waals surface area contributed by atoms with E-state index < -0.39 is 18.0 Å². The van der Waals surface area contributed by atoms with Crippen molar-refractivity contribution >= 4 is 23.4 Å². The predicted molar refractivity (Wildman–Crippen MR) is 166 cm³/mol. The number of benzene rings is 1. The number of unbranched alkanes of at least 4 members (excludes halogenated alkanes) is 8. The Bertz CT molecular complexity index is 1010. The third-order valence-corrected chi connectivity index (χ3v) is 8.15. The van der Waals surface area contributed by atoms with E-state index in [-0.39, 0.29) is 11.1 Å². The summed E-state index contributed by atoms with van der Waals surface area (Å²) in [5.41, 5.74) is 3.02. The fourth-order valence-corrected chi connectivity index (χ4v) is 6.14. The predicted octanol–water partition coefficient (Wildman–Crippen LogP) is 8.25. The monoisotopic (exact) mass is 570 g/mol. The smallest absolute Gasteiger partial charge is 0.363 e. The van der Waals surface area contributed by atoms with Crippen molar-refractivity contribution in [3.05, 3.63) is 34.9 Å². The molecule has 1 N–H and O–H groups in total. The first kappa shape index (κ1) is 34.5. The number of hydrogen-bond donors (Lipinski definition) is 1. The Labute approximate surface area is 248 Å². The lowest BCUT2D eigenvalue weighted by molar-refractivity contribution is -0.164. The third-order valence-electron chi connectivity index (χ3n) is 8.15. The summed E-state index contributed by atoms with van der Waals surface area (Å²) >= 11 is 0. The zero-order valence-corrected chi connectivity index (χ0v) is 26.3. The van der Waals surface area contributed by atoms with E-state index in [1.54, 1.807) is 0 Å². The summed E-state index contributed by atoms with van der Waals surface area (Å²) in [7, 11) is 0. The molecule has 0 saturated carbocycles. The summed E-state index contributed by atoms with van der Waals surface area (Å²) < 4.78 is 11.2. The Balaban J connectivity index is 2.12. The fourth-order valence-electron chi connectivity index (χ4n) is 6.14. The van der Waals surface area contributed by atoms with E-state index in [0.717, 1.165) is 68.1 Å². The van der Waals surface area contributed by atoms with Gasteiger partial charge in [0.05, 0.1) is 6.61 Å². The zero-order chi connectivity index (χ0) is 30.1. The van der Waals surface area contributed by atoms with Gasteiger partial charge in [-0.05, 0) is 50.2 Å². The van der Waals surface area contributed by atoms with E-state index in [4.69, 9.17) is 14.5 Å². The molecule has 0 fully saturated rings. The maximum atomic E-state index is 13.4. The second-order valence-corrected chi connectivity index (χ2v) is 11.6. The SMILES string of the molecule is CCCCCCCCCCOC(=O)C(CCCC)OC(=O)C(=NO)C1=NCC(CCC)(CCC)c2c(C)cccc21. The van der Waals surface area contributed by atoms with Crippen LogP contribution in [0.15, 0.2) is 28.3 Å². The molecule has 0 aliphatic carbocycles. The van der Waals surface area contributed by atoms with Gasteiger partial charge >= 0.3 is 11.9 Å². The minimum atomic E-state index is -1.05. The maximum Gasteiger partial charge on any atom is 0.363 e. The molecule has 0 amide bonds. The molecular weight excluding hydrogens is 516 g/mol. The number of aliphatic imine (C=N–C) groups is 1. The first-order chi connectivity index (χ1) is 19.9. The number of nitrogens with zero attached hydrogens (tertiary/aromatic N) is 2. The van der Waals surface area contributed by atoms with Crippen molar-refractivity contribution in [2.45, 2.75) is 142 Å². The molecule has 7 heteroatoms. The van der Waals surface area contributed by atoms with Gasteiger partial charge in [-0.3, -0.25) is 4.99 Å². The first-order valence-electron chi connectivity index (χ1n) is 16.1. The highest BCUT2D eigenvalue weighted by molar-refractivity contribution is 6.69. The number of oxime groups is 1. The van der Waals surface area contributed by atoms with Crippen LogP contribution in [-0.2, 0) is 24.5 Å². The summed E-state index contributed by atoms with van der Waals surface area (Å²) in [6, 6.07) is 5.95. The second kappa shape index (κ2) is 18.7. The molecule has 1 heterocycles. The number of carbonyl (C=O) groups is 2. The van der Waals surface area contributed by atoms with Gasteiger partial charge < -0.3 is 14.7 Å². The van der Waals surface area contributed by atoms with Gasteiger partial charge in [0, 0.05) is 17.5 Å². The molecule has 1 unspecified atom stereocenters. The van der Waals surface area contributed by atoms with E-state index in [1.807, 2.05) is 19.1 Å². The van der Waals surface area contributed by atoms with E-state index in [2.05, 4.69) is 38.9 Å². The molecule has 230 valence electrons. The van der Waals surface area contributed by atoms with Crippen LogP contribution in [0.2, 0.25) is 0 Å². The highest BCUT2D eigenvalue weighted by Crippen LogP contribution is 2.41. The Morgan fingerprint density at radius 2 is 1.56 bits per heavy atom. The second-order valence-electron chi connectivity index (χ2n) is 11.6. The zero-order valence-electron chi connectivity index (χ0n) is 26.3. The lowest BCUT2D eigenvalue weighted by Crippen LogP contribution is -2.41. The van der Waals surface area contributed by atoms with Gasteiger partial charge in [-0.2, -0.15) is 0 Å². The molecule has 7 nitrogen and oxygen atoms in total. The summed E-state index contributed by atoms with van der Waals surface area (Å²) in [4.78, 5) is 31.1. The van der Waals surface area contributed by atoms with E-state index in [0.29, 0.717) is 31.7 Å². The molecule has 2 rings (SSSR count). The lowest BCUT2D eigenvalue weighted by atomic mass is 9.68. The molecule has 1 atom stereocenters. The lowest BCUT2D eigenvalue weighted by Gasteiger charge is -2.39. The van der Waals surface area contributed by atoms with Crippen molar-refractivity contribution in [3.8, 4) is 0 Å². The molecule has 0 bridgehead atoms. The summed E-state index contributed by atoms with van der Waals surface area (Å²) in [5.74, 6) is -1.40. The topological polar surface area (TPSA) is 97.6 Å². The van der Waals surface area contributed by atoms with Crippen LogP contribution in [0.4, 0.5) is 0 Å². The normalized spacial score (nSPS) is 15.1. The number of hydrogen-bond acceptors (Lipinski definition) is 7. The highest BCUT2D eigenvalue weighted by Gasteiger charge is 2.40.